The summed E-state index contributed by atoms with van der Waals surface area (Å²) in [5, 5.41) is 0. The molecule has 0 fully saturated rings. The number of fused-ring (bicyclic) bond motifs is 3. The summed E-state index contributed by atoms with van der Waals surface area (Å²) < 4.78 is 48.9. The van der Waals surface area contributed by atoms with Gasteiger partial charge in [-0.3, -0.25) is 0 Å². The van der Waals surface area contributed by atoms with Gasteiger partial charge in [0.05, 0.1) is 17.7 Å². The van der Waals surface area contributed by atoms with Crippen LogP contribution in [0.5, 0.6) is 5.75 Å². The first-order chi connectivity index (χ1) is 12.9. The Morgan fingerprint density at radius 3 is 2.59 bits per heavy atom. The van der Waals surface area contributed by atoms with Crippen molar-refractivity contribution in [3.05, 3.63) is 67.0 Å². The highest BCUT2D eigenvalue weighted by Gasteiger charge is 2.31. The van der Waals surface area contributed by atoms with Gasteiger partial charge in [-0.2, -0.15) is 0 Å². The van der Waals surface area contributed by atoms with Crippen LogP contribution >= 0.6 is 0 Å². The van der Waals surface area contributed by atoms with E-state index in [-0.39, 0.29) is 18.6 Å². The lowest BCUT2D eigenvalue weighted by Crippen LogP contribution is -2.26. The highest BCUT2D eigenvalue weighted by molar-refractivity contribution is 5.76. The molecule has 1 aromatic heterocycles. The van der Waals surface area contributed by atoms with Crippen LogP contribution in [-0.4, -0.2) is 22.6 Å². The fraction of sp³-hybridized carbons (Fsp3) is 0.211. The van der Waals surface area contributed by atoms with Crippen molar-refractivity contribution in [2.45, 2.75) is 19.1 Å². The van der Waals surface area contributed by atoms with Crippen LogP contribution in [0.2, 0.25) is 0 Å². The molecule has 0 aliphatic carbocycles. The molecule has 140 valence electrons. The number of benzene rings is 2. The van der Waals surface area contributed by atoms with Gasteiger partial charge < -0.3 is 18.9 Å². The highest BCUT2D eigenvalue weighted by Crippen LogP contribution is 2.31. The van der Waals surface area contributed by atoms with Crippen molar-refractivity contribution in [1.82, 2.24) is 9.55 Å². The second-order valence-electron chi connectivity index (χ2n) is 6.06. The smallest absolute Gasteiger partial charge is 0.406 e. The summed E-state index contributed by atoms with van der Waals surface area (Å²) >= 11 is 0. The van der Waals surface area contributed by atoms with Gasteiger partial charge in [-0.25, -0.2) is 4.98 Å². The Balaban J connectivity index is 1.66. The molecule has 3 aromatic rings. The van der Waals surface area contributed by atoms with Gasteiger partial charge in [0.2, 0.25) is 0 Å². The molecule has 1 aliphatic heterocycles. The van der Waals surface area contributed by atoms with E-state index >= 15 is 0 Å². The van der Waals surface area contributed by atoms with Crippen molar-refractivity contribution >= 4 is 16.7 Å². The van der Waals surface area contributed by atoms with Gasteiger partial charge in [-0.05, 0) is 36.4 Å². The molecule has 8 heteroatoms. The third kappa shape index (κ3) is 3.48. The van der Waals surface area contributed by atoms with E-state index in [1.165, 1.54) is 12.1 Å². The molecule has 1 aliphatic rings. The van der Waals surface area contributed by atoms with Gasteiger partial charge in [-0.1, -0.05) is 18.2 Å². The first-order valence-corrected chi connectivity index (χ1v) is 8.25. The first kappa shape index (κ1) is 17.4. The zero-order valence-corrected chi connectivity index (χ0v) is 14.2. The minimum atomic E-state index is -4.71. The van der Waals surface area contributed by atoms with E-state index in [0.717, 1.165) is 16.9 Å². The molecule has 1 unspecified atom stereocenters. The molecule has 27 heavy (non-hydrogen) atoms. The first-order valence-electron chi connectivity index (χ1n) is 8.25. The van der Waals surface area contributed by atoms with Crippen molar-refractivity contribution in [3.8, 4) is 5.75 Å². The molecule has 2 heterocycles. The van der Waals surface area contributed by atoms with E-state index in [1.807, 2.05) is 33.7 Å². The summed E-state index contributed by atoms with van der Waals surface area (Å²) in [7, 11) is 0. The van der Waals surface area contributed by atoms with E-state index in [0.29, 0.717) is 12.4 Å². The van der Waals surface area contributed by atoms with Crippen LogP contribution < -0.4 is 9.64 Å². The number of rotatable bonds is 3. The van der Waals surface area contributed by atoms with Crippen molar-refractivity contribution in [2.24, 2.45) is 0 Å². The summed E-state index contributed by atoms with van der Waals surface area (Å²) in [6, 6.07) is 13.4. The average Bonchev–Trinajstić information content (AvgIpc) is 2.89. The Kier molecular flexibility index (Phi) is 4.27. The summed E-state index contributed by atoms with van der Waals surface area (Å²) in [6.07, 6.45) is -3.41. The zero-order valence-electron chi connectivity index (χ0n) is 14.2. The van der Waals surface area contributed by atoms with Gasteiger partial charge in [0.25, 0.3) is 0 Å². The van der Waals surface area contributed by atoms with Crippen LogP contribution in [0.25, 0.3) is 11.0 Å². The fourth-order valence-electron chi connectivity index (χ4n) is 3.10. The number of para-hydroxylation sites is 2. The standard InChI is InChI=1S/C19H16F3N3O2/c1-2-17-18-23-15-5-3-4-6-16(15)25(18)11-24(12-26-17)13-7-9-14(10-8-13)27-19(20,21)22/h2-10,17H,1,11-12H2. The lowest BCUT2D eigenvalue weighted by atomic mass is 10.3. The fourth-order valence-corrected chi connectivity index (χ4v) is 3.10. The molecule has 0 spiro atoms. The van der Waals surface area contributed by atoms with Gasteiger partial charge in [0.15, 0.2) is 0 Å². The number of ether oxygens (including phenoxy) is 2. The lowest BCUT2D eigenvalue weighted by molar-refractivity contribution is -0.274. The molecule has 0 N–H and O–H groups in total. The van der Waals surface area contributed by atoms with Crippen LogP contribution in [-0.2, 0) is 11.4 Å². The maximum atomic E-state index is 12.3. The third-order valence-electron chi connectivity index (χ3n) is 4.31. The molecule has 5 nitrogen and oxygen atoms in total. The SMILES string of the molecule is C=CC1OCN(c2ccc(OC(F)(F)F)cc2)Cn2c1nc1ccccc12. The molecule has 0 bridgehead atoms. The Bertz CT molecular complexity index is 966. The predicted octanol–water partition coefficient (Wildman–Crippen LogP) is 4.61. The minimum absolute atomic E-state index is 0.244. The topological polar surface area (TPSA) is 39.5 Å². The maximum absolute atomic E-state index is 12.3. The minimum Gasteiger partial charge on any atom is -0.406 e. The van der Waals surface area contributed by atoms with Gasteiger partial charge in [-0.15, -0.1) is 19.8 Å². The number of nitrogens with zero attached hydrogens (tertiary/aromatic N) is 3. The van der Waals surface area contributed by atoms with E-state index in [1.54, 1.807) is 18.2 Å². The molecule has 2 aromatic carbocycles. The summed E-state index contributed by atoms with van der Waals surface area (Å²) in [6.45, 7) is 4.51. The van der Waals surface area contributed by atoms with Gasteiger partial charge in [0.1, 0.15) is 24.4 Å². The summed E-state index contributed by atoms with van der Waals surface area (Å²) in [5.74, 6) is 0.477. The molecular formula is C19H16F3N3O2. The Hall–Kier alpha value is -3.00. The van der Waals surface area contributed by atoms with Crippen molar-refractivity contribution < 1.29 is 22.6 Å². The molecule has 0 amide bonds. The van der Waals surface area contributed by atoms with Gasteiger partial charge in [0, 0.05) is 5.69 Å². The predicted molar refractivity (Wildman–Crippen MR) is 94.2 cm³/mol. The largest absolute Gasteiger partial charge is 0.573 e. The maximum Gasteiger partial charge on any atom is 0.573 e. The van der Waals surface area contributed by atoms with Gasteiger partial charge >= 0.3 is 6.36 Å². The van der Waals surface area contributed by atoms with E-state index < -0.39 is 6.36 Å². The number of hydrogen-bond acceptors (Lipinski definition) is 4. The summed E-state index contributed by atoms with van der Waals surface area (Å²) in [5.41, 5.74) is 2.50. The van der Waals surface area contributed by atoms with Crippen LogP contribution in [0.4, 0.5) is 18.9 Å². The second-order valence-corrected chi connectivity index (χ2v) is 6.06. The molecule has 1 atom stereocenters. The Morgan fingerprint density at radius 1 is 1.15 bits per heavy atom. The van der Waals surface area contributed by atoms with Crippen LogP contribution in [0.1, 0.15) is 11.9 Å². The average molecular weight is 375 g/mol. The monoisotopic (exact) mass is 375 g/mol. The summed E-state index contributed by atoms with van der Waals surface area (Å²) in [4.78, 5) is 6.54. The Morgan fingerprint density at radius 2 is 1.89 bits per heavy atom. The van der Waals surface area contributed by atoms with Crippen LogP contribution in [0, 0.1) is 0 Å². The molecular weight excluding hydrogens is 359 g/mol. The zero-order chi connectivity index (χ0) is 19.0. The number of hydrogen-bond donors (Lipinski definition) is 0. The Labute approximate surface area is 153 Å². The van der Waals surface area contributed by atoms with E-state index in [4.69, 9.17) is 4.74 Å². The third-order valence-corrected chi connectivity index (χ3v) is 4.31. The lowest BCUT2D eigenvalue weighted by Gasteiger charge is -2.23. The second kappa shape index (κ2) is 6.62. The number of halogens is 3. The molecule has 0 saturated carbocycles. The molecule has 4 rings (SSSR count). The van der Waals surface area contributed by atoms with Crippen molar-refractivity contribution in [1.29, 1.82) is 0 Å². The van der Waals surface area contributed by atoms with Crippen molar-refractivity contribution in [2.75, 3.05) is 11.6 Å². The highest BCUT2D eigenvalue weighted by atomic mass is 19.4. The molecule has 0 radical (unpaired) electrons. The van der Waals surface area contributed by atoms with Crippen molar-refractivity contribution in [3.63, 3.8) is 0 Å². The number of alkyl halides is 3. The van der Waals surface area contributed by atoms with Crippen LogP contribution in [0.3, 0.4) is 0 Å². The quantitative estimate of drug-likeness (QED) is 0.627. The number of imidazole rings is 1. The normalized spacial score (nSPS) is 17.4. The number of anilines is 1. The van der Waals surface area contributed by atoms with E-state index in [2.05, 4.69) is 16.3 Å². The van der Waals surface area contributed by atoms with Crippen LogP contribution in [0.15, 0.2) is 61.2 Å². The number of aromatic nitrogens is 2. The van der Waals surface area contributed by atoms with E-state index in [9.17, 15) is 13.2 Å². The molecule has 0 saturated heterocycles.